The summed E-state index contributed by atoms with van der Waals surface area (Å²) in [4.78, 5) is 11.9. The van der Waals surface area contributed by atoms with Gasteiger partial charge < -0.3 is 29.5 Å². The molecule has 4 bridgehead atoms. The van der Waals surface area contributed by atoms with Gasteiger partial charge in [-0.1, -0.05) is 31.7 Å². The summed E-state index contributed by atoms with van der Waals surface area (Å²) >= 11 is 0. The Hall–Kier alpha value is -1.52. The number of ether oxygens (including phenoxy) is 3. The smallest absolute Gasteiger partial charge is 0.260 e. The van der Waals surface area contributed by atoms with Gasteiger partial charge in [0.25, 0.3) is 5.79 Å². The van der Waals surface area contributed by atoms with Crippen LogP contribution < -0.4 is 4.74 Å². The summed E-state index contributed by atoms with van der Waals surface area (Å²) in [5.41, 5.74) is 0.942. The van der Waals surface area contributed by atoms with Crippen LogP contribution in [-0.4, -0.2) is 59.2 Å². The summed E-state index contributed by atoms with van der Waals surface area (Å²) in [6, 6.07) is 5.67. The lowest BCUT2D eigenvalue weighted by atomic mass is 9.47. The van der Waals surface area contributed by atoms with Crippen molar-refractivity contribution in [1.82, 2.24) is 0 Å². The first-order chi connectivity index (χ1) is 16.9. The molecule has 1 aromatic carbocycles. The lowest BCUT2D eigenvalue weighted by Crippen LogP contribution is -2.76. The fraction of sp³-hybridized carbons (Fsp3) is 0.704. The van der Waals surface area contributed by atoms with Crippen LogP contribution in [0.1, 0.15) is 50.2 Å². The van der Waals surface area contributed by atoms with Gasteiger partial charge in [0, 0.05) is 24.2 Å². The lowest BCUT2D eigenvalue weighted by molar-refractivity contribution is -0.645. The Kier molecular flexibility index (Phi) is 5.80. The molecular formula is C27H36O8. The molecule has 4 aliphatic carbocycles. The topological polar surface area (TPSA) is 107 Å². The van der Waals surface area contributed by atoms with Crippen LogP contribution in [0.3, 0.4) is 0 Å². The van der Waals surface area contributed by atoms with Gasteiger partial charge in [0.2, 0.25) is 6.29 Å². The van der Waals surface area contributed by atoms with E-state index < -0.39 is 41.9 Å². The fourth-order valence-electron chi connectivity index (χ4n) is 7.87. The third-order valence-corrected chi connectivity index (χ3v) is 9.55. The minimum Gasteiger partial charge on any atom is -0.461 e. The van der Waals surface area contributed by atoms with Crippen LogP contribution in [0.5, 0.6) is 5.75 Å². The van der Waals surface area contributed by atoms with Gasteiger partial charge in [-0.15, -0.1) is 0 Å². The van der Waals surface area contributed by atoms with Gasteiger partial charge in [-0.3, -0.25) is 0 Å². The van der Waals surface area contributed by atoms with Gasteiger partial charge in [-0.25, -0.2) is 4.89 Å². The van der Waals surface area contributed by atoms with E-state index in [0.29, 0.717) is 23.1 Å². The van der Waals surface area contributed by atoms with Crippen LogP contribution in [0.4, 0.5) is 0 Å². The highest BCUT2D eigenvalue weighted by Crippen LogP contribution is 2.69. The van der Waals surface area contributed by atoms with E-state index in [1.54, 1.807) is 20.1 Å². The van der Waals surface area contributed by atoms with Crippen molar-refractivity contribution in [2.45, 2.75) is 75.0 Å². The minimum absolute atomic E-state index is 0.287. The standard InChI is InChI=1S/C27H36O8/c1-4-17-5-6-18(12-21(17)32-25-24(30)23(29)14(2)22(13-28)33-25)27(31-3)26(34-35-27)19-8-15-7-16(10-19)11-20(26)9-15/h4-6,12,14-16,19-20,22-25,28-30H,1,7-11,13H2,2-3H3. The Labute approximate surface area is 205 Å². The quantitative estimate of drug-likeness (QED) is 0.525. The van der Waals surface area contributed by atoms with E-state index >= 15 is 0 Å². The Morgan fingerprint density at radius 3 is 2.29 bits per heavy atom. The molecule has 1 spiro atoms. The highest BCUT2D eigenvalue weighted by Gasteiger charge is 2.76. The molecule has 3 N–H and O–H groups in total. The Bertz CT molecular complexity index is 946. The molecule has 6 fully saturated rings. The average Bonchev–Trinajstić information content (AvgIpc) is 2.84. The van der Waals surface area contributed by atoms with E-state index in [9.17, 15) is 15.3 Å². The van der Waals surface area contributed by atoms with Crippen LogP contribution in [0.25, 0.3) is 6.08 Å². The van der Waals surface area contributed by atoms with Crippen LogP contribution >= 0.6 is 0 Å². The molecule has 6 aliphatic rings. The Morgan fingerprint density at radius 1 is 1.06 bits per heavy atom. The molecule has 0 amide bonds. The van der Waals surface area contributed by atoms with Crippen LogP contribution in [0.15, 0.2) is 24.8 Å². The van der Waals surface area contributed by atoms with Crippen molar-refractivity contribution in [2.24, 2.45) is 29.6 Å². The van der Waals surface area contributed by atoms with Crippen molar-refractivity contribution in [3.05, 3.63) is 35.9 Å². The second-order valence-electron chi connectivity index (χ2n) is 11.2. The molecule has 192 valence electrons. The predicted molar refractivity (Wildman–Crippen MR) is 125 cm³/mol. The maximum Gasteiger partial charge on any atom is 0.260 e. The zero-order chi connectivity index (χ0) is 24.5. The fourth-order valence-corrected chi connectivity index (χ4v) is 7.87. The van der Waals surface area contributed by atoms with Gasteiger partial charge >= 0.3 is 0 Å². The second-order valence-corrected chi connectivity index (χ2v) is 11.2. The molecule has 6 unspecified atom stereocenters. The Balaban J connectivity index is 1.34. The summed E-state index contributed by atoms with van der Waals surface area (Å²) in [5, 5.41) is 30.8. The molecule has 8 nitrogen and oxygen atoms in total. The summed E-state index contributed by atoms with van der Waals surface area (Å²) in [7, 11) is 1.66. The van der Waals surface area contributed by atoms with Crippen LogP contribution in [0, 0.1) is 29.6 Å². The number of aliphatic hydroxyl groups is 3. The number of hydrogen-bond donors (Lipinski definition) is 3. The number of methoxy groups -OCH3 is 1. The van der Waals surface area contributed by atoms with E-state index in [1.165, 1.54) is 6.42 Å². The second kappa shape index (κ2) is 8.52. The zero-order valence-corrected chi connectivity index (χ0v) is 20.3. The van der Waals surface area contributed by atoms with Gasteiger partial charge in [-0.05, 0) is 61.8 Å². The van der Waals surface area contributed by atoms with E-state index in [2.05, 4.69) is 6.58 Å². The van der Waals surface area contributed by atoms with Gasteiger partial charge in [0.1, 0.15) is 11.9 Å². The molecule has 6 atom stereocenters. The van der Waals surface area contributed by atoms with E-state index in [4.69, 9.17) is 24.0 Å². The highest BCUT2D eigenvalue weighted by atomic mass is 17.3. The van der Waals surface area contributed by atoms with E-state index in [1.807, 2.05) is 18.2 Å². The molecule has 1 aromatic rings. The monoisotopic (exact) mass is 488 g/mol. The van der Waals surface area contributed by atoms with Crippen molar-refractivity contribution in [3.8, 4) is 5.75 Å². The van der Waals surface area contributed by atoms with Crippen molar-refractivity contribution in [1.29, 1.82) is 0 Å². The van der Waals surface area contributed by atoms with Gasteiger partial charge in [0.15, 0.2) is 5.60 Å². The molecule has 2 saturated heterocycles. The molecule has 0 radical (unpaired) electrons. The number of hydrogen-bond acceptors (Lipinski definition) is 8. The lowest BCUT2D eigenvalue weighted by Gasteiger charge is -2.68. The summed E-state index contributed by atoms with van der Waals surface area (Å²) < 4.78 is 18.1. The number of benzene rings is 1. The minimum atomic E-state index is -1.27. The molecule has 0 aromatic heterocycles. The van der Waals surface area contributed by atoms with E-state index in [0.717, 1.165) is 43.1 Å². The molecule has 35 heavy (non-hydrogen) atoms. The van der Waals surface area contributed by atoms with Crippen molar-refractivity contribution >= 4 is 6.08 Å². The average molecular weight is 489 g/mol. The summed E-state index contributed by atoms with van der Waals surface area (Å²) in [5.74, 6) is 1.22. The molecule has 4 saturated carbocycles. The first-order valence-corrected chi connectivity index (χ1v) is 12.8. The molecule has 8 heteroatoms. The number of aliphatic hydroxyl groups excluding tert-OH is 3. The third kappa shape index (κ3) is 3.24. The molecular weight excluding hydrogens is 452 g/mol. The van der Waals surface area contributed by atoms with Crippen LogP contribution in [0.2, 0.25) is 0 Å². The summed E-state index contributed by atoms with van der Waals surface area (Å²) in [6.45, 7) is 5.33. The zero-order valence-electron chi connectivity index (χ0n) is 20.3. The molecule has 2 aliphatic heterocycles. The maximum absolute atomic E-state index is 10.6. The van der Waals surface area contributed by atoms with Crippen molar-refractivity contribution in [2.75, 3.05) is 13.7 Å². The van der Waals surface area contributed by atoms with Crippen LogP contribution in [-0.2, 0) is 25.0 Å². The predicted octanol–water partition coefficient (Wildman–Crippen LogP) is 2.74. The maximum atomic E-state index is 10.6. The normalized spacial score (nSPS) is 48.1. The first kappa shape index (κ1) is 23.9. The Morgan fingerprint density at radius 2 is 1.74 bits per heavy atom. The van der Waals surface area contributed by atoms with Gasteiger partial charge in [0.05, 0.1) is 18.8 Å². The first-order valence-electron chi connectivity index (χ1n) is 12.8. The number of rotatable bonds is 6. The highest BCUT2D eigenvalue weighted by molar-refractivity contribution is 5.57. The van der Waals surface area contributed by atoms with Crippen molar-refractivity contribution < 1.29 is 39.3 Å². The van der Waals surface area contributed by atoms with E-state index in [-0.39, 0.29) is 6.61 Å². The van der Waals surface area contributed by atoms with Crippen molar-refractivity contribution in [3.63, 3.8) is 0 Å². The van der Waals surface area contributed by atoms with Gasteiger partial charge in [-0.2, -0.15) is 4.89 Å². The summed E-state index contributed by atoms with van der Waals surface area (Å²) in [6.07, 6.45) is 3.36. The molecule has 7 rings (SSSR count). The molecule has 2 heterocycles. The third-order valence-electron chi connectivity index (χ3n) is 9.55. The largest absolute Gasteiger partial charge is 0.461 e. The SMILES string of the molecule is C=Cc1ccc(C2(OC)OOC23C2CC4CC(C2)CC3C4)cc1OC1OC(CO)C(C)C(O)C1O.